The van der Waals surface area contributed by atoms with E-state index in [0.29, 0.717) is 5.69 Å². The van der Waals surface area contributed by atoms with Gasteiger partial charge in [0.25, 0.3) is 0 Å². The fourth-order valence-corrected chi connectivity index (χ4v) is 4.09. The molecule has 3 unspecified atom stereocenters. The van der Waals surface area contributed by atoms with Gasteiger partial charge in [0.1, 0.15) is 0 Å². The SMILES string of the molecule is CN(CC1CC2CCC1C2)c1ccc(C(=O)O)cc1N. The molecule has 2 fully saturated rings. The molecule has 108 valence electrons. The van der Waals surface area contributed by atoms with Crippen molar-refractivity contribution < 1.29 is 9.90 Å². The minimum atomic E-state index is -0.931. The van der Waals surface area contributed by atoms with Crippen molar-refractivity contribution in [3.8, 4) is 0 Å². The van der Waals surface area contributed by atoms with Crippen molar-refractivity contribution in [3.05, 3.63) is 23.8 Å². The Kier molecular flexibility index (Phi) is 3.32. The number of nitrogens with zero attached hydrogens (tertiary/aromatic N) is 1. The third kappa shape index (κ3) is 2.35. The summed E-state index contributed by atoms with van der Waals surface area (Å²) in [5.41, 5.74) is 7.75. The van der Waals surface area contributed by atoms with Crippen LogP contribution in [0.15, 0.2) is 18.2 Å². The maximum atomic E-state index is 10.9. The van der Waals surface area contributed by atoms with Crippen LogP contribution in [-0.4, -0.2) is 24.7 Å². The number of fused-ring (bicyclic) bond motifs is 2. The summed E-state index contributed by atoms with van der Waals surface area (Å²) < 4.78 is 0. The van der Waals surface area contributed by atoms with Crippen LogP contribution in [0.5, 0.6) is 0 Å². The number of hydrogen-bond acceptors (Lipinski definition) is 3. The van der Waals surface area contributed by atoms with Crippen molar-refractivity contribution in [2.24, 2.45) is 17.8 Å². The molecule has 3 rings (SSSR count). The maximum Gasteiger partial charge on any atom is 0.335 e. The molecule has 2 aliphatic rings. The van der Waals surface area contributed by atoms with Crippen LogP contribution in [0, 0.1) is 17.8 Å². The van der Waals surface area contributed by atoms with Crippen molar-refractivity contribution in [1.82, 2.24) is 0 Å². The zero-order valence-corrected chi connectivity index (χ0v) is 11.9. The normalized spacial score (nSPS) is 27.8. The standard InChI is InChI=1S/C16H22N2O2/c1-18(9-13-7-10-2-3-11(13)6-10)15-5-4-12(16(19)20)8-14(15)17/h4-5,8,10-11,13H,2-3,6-7,9,17H2,1H3,(H,19,20). The average molecular weight is 274 g/mol. The average Bonchev–Trinajstić information content (AvgIpc) is 3.00. The second-order valence-corrected chi connectivity index (χ2v) is 6.39. The summed E-state index contributed by atoms with van der Waals surface area (Å²) >= 11 is 0. The molecule has 0 aliphatic heterocycles. The number of anilines is 2. The number of carboxylic acids is 1. The Morgan fingerprint density at radius 3 is 2.75 bits per heavy atom. The second-order valence-electron chi connectivity index (χ2n) is 6.39. The van der Waals surface area contributed by atoms with Gasteiger partial charge in [-0.15, -0.1) is 0 Å². The number of nitrogens with two attached hydrogens (primary N) is 1. The summed E-state index contributed by atoms with van der Waals surface area (Å²) in [6, 6.07) is 5.01. The van der Waals surface area contributed by atoms with E-state index in [1.54, 1.807) is 12.1 Å². The maximum absolute atomic E-state index is 10.9. The van der Waals surface area contributed by atoms with Crippen LogP contribution < -0.4 is 10.6 Å². The molecule has 1 aromatic rings. The Labute approximate surface area is 119 Å². The number of benzene rings is 1. The van der Waals surface area contributed by atoms with Gasteiger partial charge < -0.3 is 15.7 Å². The monoisotopic (exact) mass is 274 g/mol. The molecule has 2 aliphatic carbocycles. The first kappa shape index (κ1) is 13.3. The van der Waals surface area contributed by atoms with Crippen LogP contribution in [0.25, 0.3) is 0 Å². The highest BCUT2D eigenvalue weighted by Crippen LogP contribution is 2.48. The van der Waals surface area contributed by atoms with Crippen LogP contribution >= 0.6 is 0 Å². The largest absolute Gasteiger partial charge is 0.478 e. The van der Waals surface area contributed by atoms with Crippen molar-refractivity contribution >= 4 is 17.3 Å². The van der Waals surface area contributed by atoms with Gasteiger partial charge in [-0.3, -0.25) is 0 Å². The van der Waals surface area contributed by atoms with E-state index in [2.05, 4.69) is 11.9 Å². The Balaban J connectivity index is 1.71. The lowest BCUT2D eigenvalue weighted by atomic mass is 9.88. The smallest absolute Gasteiger partial charge is 0.335 e. The van der Waals surface area contributed by atoms with Gasteiger partial charge in [0.2, 0.25) is 0 Å². The van der Waals surface area contributed by atoms with Crippen molar-refractivity contribution in [2.75, 3.05) is 24.2 Å². The number of nitrogen functional groups attached to an aromatic ring is 1. The van der Waals surface area contributed by atoms with E-state index in [0.717, 1.165) is 30.0 Å². The molecule has 0 amide bonds. The Morgan fingerprint density at radius 1 is 1.40 bits per heavy atom. The highest BCUT2D eigenvalue weighted by molar-refractivity contribution is 5.90. The quantitative estimate of drug-likeness (QED) is 0.829. The molecule has 0 saturated heterocycles. The molecule has 2 saturated carbocycles. The predicted molar refractivity (Wildman–Crippen MR) is 80.0 cm³/mol. The van der Waals surface area contributed by atoms with E-state index in [1.165, 1.54) is 25.7 Å². The topological polar surface area (TPSA) is 66.6 Å². The van der Waals surface area contributed by atoms with Crippen LogP contribution in [0.3, 0.4) is 0 Å². The lowest BCUT2D eigenvalue weighted by Crippen LogP contribution is -2.29. The second kappa shape index (κ2) is 5.00. The molecule has 0 radical (unpaired) electrons. The molecule has 0 aromatic heterocycles. The molecule has 2 bridgehead atoms. The predicted octanol–water partition coefficient (Wildman–Crippen LogP) is 2.84. The van der Waals surface area contributed by atoms with E-state index < -0.39 is 5.97 Å². The summed E-state index contributed by atoms with van der Waals surface area (Å²) in [6.07, 6.45) is 5.56. The first-order valence-corrected chi connectivity index (χ1v) is 7.38. The van der Waals surface area contributed by atoms with Gasteiger partial charge in [-0.2, -0.15) is 0 Å². The fourth-order valence-electron chi connectivity index (χ4n) is 4.09. The number of carboxylic acid groups (broad SMARTS) is 1. The van der Waals surface area contributed by atoms with Crippen molar-refractivity contribution in [3.63, 3.8) is 0 Å². The lowest BCUT2D eigenvalue weighted by Gasteiger charge is -2.29. The van der Waals surface area contributed by atoms with Crippen molar-refractivity contribution in [2.45, 2.75) is 25.7 Å². The zero-order chi connectivity index (χ0) is 14.3. The first-order valence-electron chi connectivity index (χ1n) is 7.38. The zero-order valence-electron chi connectivity index (χ0n) is 11.9. The summed E-state index contributed by atoms with van der Waals surface area (Å²) in [7, 11) is 2.05. The number of hydrogen-bond donors (Lipinski definition) is 2. The van der Waals surface area contributed by atoms with Crippen LogP contribution in [0.4, 0.5) is 11.4 Å². The molecule has 3 atom stereocenters. The Morgan fingerprint density at radius 2 is 2.20 bits per heavy atom. The summed E-state index contributed by atoms with van der Waals surface area (Å²) in [5.74, 6) is 1.68. The Bertz CT molecular complexity index is 529. The highest BCUT2D eigenvalue weighted by Gasteiger charge is 2.39. The molecular formula is C16H22N2O2. The third-order valence-electron chi connectivity index (χ3n) is 5.08. The van der Waals surface area contributed by atoms with Gasteiger partial charge in [0.05, 0.1) is 16.9 Å². The van der Waals surface area contributed by atoms with Crippen LogP contribution in [-0.2, 0) is 0 Å². The van der Waals surface area contributed by atoms with E-state index in [1.807, 2.05) is 6.07 Å². The molecule has 1 aromatic carbocycles. The minimum absolute atomic E-state index is 0.250. The van der Waals surface area contributed by atoms with Crippen LogP contribution in [0.1, 0.15) is 36.0 Å². The third-order valence-corrected chi connectivity index (χ3v) is 5.08. The number of carbonyl (C=O) groups is 1. The lowest BCUT2D eigenvalue weighted by molar-refractivity contribution is 0.0697. The molecule has 4 heteroatoms. The number of aromatic carboxylic acids is 1. The van der Waals surface area contributed by atoms with E-state index in [9.17, 15) is 4.79 Å². The molecule has 0 heterocycles. The highest BCUT2D eigenvalue weighted by atomic mass is 16.4. The van der Waals surface area contributed by atoms with E-state index >= 15 is 0 Å². The fraction of sp³-hybridized carbons (Fsp3) is 0.562. The summed E-state index contributed by atoms with van der Waals surface area (Å²) in [5, 5.41) is 8.97. The van der Waals surface area contributed by atoms with Gasteiger partial charge in [-0.05, 0) is 55.2 Å². The molecule has 3 N–H and O–H groups in total. The minimum Gasteiger partial charge on any atom is -0.478 e. The molecule has 20 heavy (non-hydrogen) atoms. The first-order chi connectivity index (χ1) is 9.54. The van der Waals surface area contributed by atoms with E-state index in [-0.39, 0.29) is 5.56 Å². The molecular weight excluding hydrogens is 252 g/mol. The van der Waals surface area contributed by atoms with Gasteiger partial charge in [-0.1, -0.05) is 6.42 Å². The summed E-state index contributed by atoms with van der Waals surface area (Å²) in [4.78, 5) is 13.1. The van der Waals surface area contributed by atoms with Gasteiger partial charge in [0, 0.05) is 13.6 Å². The van der Waals surface area contributed by atoms with Gasteiger partial charge in [-0.25, -0.2) is 4.79 Å². The number of rotatable bonds is 4. The summed E-state index contributed by atoms with van der Waals surface area (Å²) in [6.45, 7) is 1.03. The van der Waals surface area contributed by atoms with Gasteiger partial charge >= 0.3 is 5.97 Å². The Hall–Kier alpha value is -1.71. The molecule has 0 spiro atoms. The van der Waals surface area contributed by atoms with Crippen molar-refractivity contribution in [1.29, 1.82) is 0 Å². The van der Waals surface area contributed by atoms with Gasteiger partial charge in [0.15, 0.2) is 0 Å². The van der Waals surface area contributed by atoms with E-state index in [4.69, 9.17) is 10.8 Å². The molecule has 4 nitrogen and oxygen atoms in total. The van der Waals surface area contributed by atoms with Crippen LogP contribution in [0.2, 0.25) is 0 Å².